The number of ether oxygens (including phenoxy) is 1. The van der Waals surface area contributed by atoms with Crippen LogP contribution in [-0.4, -0.2) is 12.7 Å². The van der Waals surface area contributed by atoms with E-state index in [-0.39, 0.29) is 0 Å². The standard InChI is InChI=1S/C11H24O/c1-7-8-12-10(3)9(2)11(4,5)6/h9-10H,7-8H2,1-6H3/t9-,10+/m0/s1. The Morgan fingerprint density at radius 2 is 1.67 bits per heavy atom. The fourth-order valence-corrected chi connectivity index (χ4v) is 1.15. The quantitative estimate of drug-likeness (QED) is 0.631. The van der Waals surface area contributed by atoms with Crippen LogP contribution < -0.4 is 0 Å². The van der Waals surface area contributed by atoms with E-state index in [0.29, 0.717) is 17.4 Å². The molecule has 0 aromatic carbocycles. The Balaban J connectivity index is 3.84. The van der Waals surface area contributed by atoms with Gasteiger partial charge in [0.05, 0.1) is 6.10 Å². The van der Waals surface area contributed by atoms with Crippen molar-refractivity contribution in [1.82, 2.24) is 0 Å². The molecule has 0 aliphatic rings. The maximum absolute atomic E-state index is 5.68. The van der Waals surface area contributed by atoms with Gasteiger partial charge in [-0.15, -0.1) is 0 Å². The first-order valence-corrected chi connectivity index (χ1v) is 5.01. The predicted octanol–water partition coefficient (Wildman–Crippen LogP) is 3.48. The first-order valence-electron chi connectivity index (χ1n) is 5.01. The highest BCUT2D eigenvalue weighted by Gasteiger charge is 2.25. The molecule has 0 fully saturated rings. The van der Waals surface area contributed by atoms with Gasteiger partial charge in [-0.25, -0.2) is 0 Å². The second kappa shape index (κ2) is 4.86. The highest BCUT2D eigenvalue weighted by Crippen LogP contribution is 2.29. The van der Waals surface area contributed by atoms with Crippen LogP contribution in [0.4, 0.5) is 0 Å². The van der Waals surface area contributed by atoms with Crippen LogP contribution in [0, 0.1) is 11.3 Å². The molecular formula is C11H24O. The van der Waals surface area contributed by atoms with E-state index in [2.05, 4.69) is 41.5 Å². The monoisotopic (exact) mass is 172 g/mol. The van der Waals surface area contributed by atoms with E-state index < -0.39 is 0 Å². The van der Waals surface area contributed by atoms with Crippen LogP contribution in [0.2, 0.25) is 0 Å². The highest BCUT2D eigenvalue weighted by molar-refractivity contribution is 4.74. The van der Waals surface area contributed by atoms with Crippen molar-refractivity contribution in [2.24, 2.45) is 11.3 Å². The minimum atomic E-state index is 0.354. The SMILES string of the molecule is CCCO[C@H](C)[C@H](C)C(C)(C)C. The summed E-state index contributed by atoms with van der Waals surface area (Å²) in [6.45, 7) is 14.3. The van der Waals surface area contributed by atoms with Gasteiger partial charge in [-0.3, -0.25) is 0 Å². The molecule has 0 unspecified atom stereocenters. The molecule has 0 radical (unpaired) electrons. The lowest BCUT2D eigenvalue weighted by atomic mass is 9.79. The molecule has 0 spiro atoms. The summed E-state index contributed by atoms with van der Waals surface area (Å²) in [5.74, 6) is 0.615. The van der Waals surface area contributed by atoms with Gasteiger partial charge in [-0.05, 0) is 24.7 Å². The molecule has 0 saturated carbocycles. The van der Waals surface area contributed by atoms with E-state index in [0.717, 1.165) is 13.0 Å². The Bertz CT molecular complexity index is 113. The first-order chi connectivity index (χ1) is 5.39. The molecule has 0 N–H and O–H groups in total. The van der Waals surface area contributed by atoms with Crippen molar-refractivity contribution in [1.29, 1.82) is 0 Å². The van der Waals surface area contributed by atoms with E-state index >= 15 is 0 Å². The molecule has 0 aromatic rings. The number of hydrogen-bond donors (Lipinski definition) is 0. The van der Waals surface area contributed by atoms with E-state index in [1.165, 1.54) is 0 Å². The smallest absolute Gasteiger partial charge is 0.0577 e. The zero-order chi connectivity index (χ0) is 9.78. The molecule has 74 valence electrons. The third kappa shape index (κ3) is 4.10. The van der Waals surface area contributed by atoms with Crippen molar-refractivity contribution < 1.29 is 4.74 Å². The van der Waals surface area contributed by atoms with Crippen molar-refractivity contribution >= 4 is 0 Å². The topological polar surface area (TPSA) is 9.23 Å². The Hall–Kier alpha value is -0.0400. The van der Waals surface area contributed by atoms with Crippen LogP contribution in [0.5, 0.6) is 0 Å². The Morgan fingerprint density at radius 1 is 1.17 bits per heavy atom. The molecular weight excluding hydrogens is 148 g/mol. The Labute approximate surface area is 77.5 Å². The second-order valence-corrected chi connectivity index (χ2v) is 4.73. The summed E-state index contributed by atoms with van der Waals surface area (Å²) >= 11 is 0. The molecule has 0 amide bonds. The zero-order valence-corrected chi connectivity index (χ0v) is 9.48. The summed E-state index contributed by atoms with van der Waals surface area (Å²) < 4.78 is 5.68. The summed E-state index contributed by atoms with van der Waals surface area (Å²) in [4.78, 5) is 0. The first kappa shape index (κ1) is 12.0. The van der Waals surface area contributed by atoms with Crippen molar-refractivity contribution in [3.8, 4) is 0 Å². The fraction of sp³-hybridized carbons (Fsp3) is 1.00. The van der Waals surface area contributed by atoms with E-state index in [1.807, 2.05) is 0 Å². The summed E-state index contributed by atoms with van der Waals surface area (Å²) in [6, 6.07) is 0. The average Bonchev–Trinajstić information content (AvgIpc) is 1.97. The molecule has 12 heavy (non-hydrogen) atoms. The van der Waals surface area contributed by atoms with Gasteiger partial charge in [0.1, 0.15) is 0 Å². The van der Waals surface area contributed by atoms with E-state index in [9.17, 15) is 0 Å². The van der Waals surface area contributed by atoms with Gasteiger partial charge in [0.15, 0.2) is 0 Å². The third-order valence-corrected chi connectivity index (χ3v) is 2.66. The fourth-order valence-electron chi connectivity index (χ4n) is 1.15. The van der Waals surface area contributed by atoms with Crippen molar-refractivity contribution in [3.05, 3.63) is 0 Å². The van der Waals surface area contributed by atoms with Gasteiger partial charge >= 0.3 is 0 Å². The second-order valence-electron chi connectivity index (χ2n) is 4.73. The van der Waals surface area contributed by atoms with Crippen LogP contribution in [-0.2, 0) is 4.74 Å². The molecule has 0 saturated heterocycles. The highest BCUT2D eigenvalue weighted by atomic mass is 16.5. The predicted molar refractivity (Wildman–Crippen MR) is 54.3 cm³/mol. The third-order valence-electron chi connectivity index (χ3n) is 2.66. The molecule has 1 heteroatoms. The maximum atomic E-state index is 5.68. The van der Waals surface area contributed by atoms with Gasteiger partial charge in [0, 0.05) is 6.61 Å². The van der Waals surface area contributed by atoms with Crippen LogP contribution in [0.3, 0.4) is 0 Å². The summed E-state index contributed by atoms with van der Waals surface area (Å²) in [5, 5.41) is 0. The summed E-state index contributed by atoms with van der Waals surface area (Å²) in [7, 11) is 0. The normalized spacial score (nSPS) is 17.5. The molecule has 0 aromatic heterocycles. The minimum absolute atomic E-state index is 0.354. The molecule has 0 bridgehead atoms. The largest absolute Gasteiger partial charge is 0.378 e. The van der Waals surface area contributed by atoms with Crippen LogP contribution in [0.1, 0.15) is 48.0 Å². The van der Waals surface area contributed by atoms with Crippen molar-refractivity contribution in [3.63, 3.8) is 0 Å². The lowest BCUT2D eigenvalue weighted by Gasteiger charge is -2.32. The zero-order valence-electron chi connectivity index (χ0n) is 9.48. The lowest BCUT2D eigenvalue weighted by molar-refractivity contribution is -0.00503. The summed E-state index contributed by atoms with van der Waals surface area (Å²) in [5.41, 5.74) is 0.354. The lowest BCUT2D eigenvalue weighted by Crippen LogP contribution is -2.29. The van der Waals surface area contributed by atoms with Crippen molar-refractivity contribution in [2.75, 3.05) is 6.61 Å². The molecule has 1 nitrogen and oxygen atoms in total. The molecule has 0 aliphatic carbocycles. The van der Waals surface area contributed by atoms with E-state index in [4.69, 9.17) is 4.74 Å². The molecule has 0 aliphatic heterocycles. The minimum Gasteiger partial charge on any atom is -0.378 e. The van der Waals surface area contributed by atoms with Gasteiger partial charge < -0.3 is 4.74 Å². The Morgan fingerprint density at radius 3 is 2.00 bits per heavy atom. The van der Waals surface area contributed by atoms with Crippen molar-refractivity contribution in [2.45, 2.75) is 54.1 Å². The molecule has 0 heterocycles. The van der Waals surface area contributed by atoms with Crippen LogP contribution in [0.15, 0.2) is 0 Å². The van der Waals surface area contributed by atoms with Gasteiger partial charge in [0.2, 0.25) is 0 Å². The van der Waals surface area contributed by atoms with E-state index in [1.54, 1.807) is 0 Å². The summed E-state index contributed by atoms with van der Waals surface area (Å²) in [6.07, 6.45) is 1.49. The van der Waals surface area contributed by atoms with Crippen LogP contribution >= 0.6 is 0 Å². The Kier molecular flexibility index (Phi) is 4.84. The van der Waals surface area contributed by atoms with Gasteiger partial charge in [-0.2, -0.15) is 0 Å². The molecule has 2 atom stereocenters. The molecule has 0 rings (SSSR count). The maximum Gasteiger partial charge on any atom is 0.0577 e. The average molecular weight is 172 g/mol. The van der Waals surface area contributed by atoms with Gasteiger partial charge in [0.25, 0.3) is 0 Å². The number of rotatable bonds is 4. The van der Waals surface area contributed by atoms with Gasteiger partial charge in [-0.1, -0.05) is 34.6 Å². The van der Waals surface area contributed by atoms with Crippen LogP contribution in [0.25, 0.3) is 0 Å². The number of hydrogen-bond acceptors (Lipinski definition) is 1.